The first-order chi connectivity index (χ1) is 4.20. The Kier molecular flexibility index (Phi) is 4.13. The second-order valence-electron chi connectivity index (χ2n) is 1.13. The van der Waals surface area contributed by atoms with Crippen LogP contribution >= 0.6 is 8.46 Å². The van der Waals surface area contributed by atoms with Crippen LogP contribution in [0.3, 0.4) is 0 Å². The van der Waals surface area contributed by atoms with Crippen LogP contribution in [0.15, 0.2) is 0 Å². The molecule has 0 bridgehead atoms. The van der Waals surface area contributed by atoms with Crippen LogP contribution in [0, 0.1) is 0 Å². The largest absolute Gasteiger partial charge is 0.423 e. The van der Waals surface area contributed by atoms with E-state index in [0.717, 1.165) is 0 Å². The predicted molar refractivity (Wildman–Crippen MR) is 28.8 cm³/mol. The summed E-state index contributed by atoms with van der Waals surface area (Å²) in [6, 6.07) is -1.58. The molecule has 0 rings (SSSR count). The maximum absolute atomic E-state index is 10.1. The van der Waals surface area contributed by atoms with Crippen molar-refractivity contribution in [3.63, 3.8) is 0 Å². The summed E-state index contributed by atoms with van der Waals surface area (Å²) in [5.41, 5.74) is 4.78. The smallest absolute Gasteiger partial charge is 0.322 e. The average Bonchev–Trinajstić information content (AvgIpc) is 1.87. The molecule has 1 atom stereocenters. The molecule has 6 heteroatoms. The normalized spacial score (nSPS) is 13.1. The highest BCUT2D eigenvalue weighted by atomic mass is 31.1. The Morgan fingerprint density at radius 1 is 1.89 bits per heavy atom. The number of ether oxygens (including phenoxy) is 1. The molecule has 0 aliphatic carbocycles. The second kappa shape index (κ2) is 4.38. The van der Waals surface area contributed by atoms with Gasteiger partial charge in [0.1, 0.15) is 0 Å². The lowest BCUT2D eigenvalue weighted by Gasteiger charge is -2.00. The van der Waals surface area contributed by atoms with Crippen molar-refractivity contribution in [3.05, 3.63) is 0 Å². The first-order valence-electron chi connectivity index (χ1n) is 2.10. The van der Waals surface area contributed by atoms with Crippen LogP contribution in [0.5, 0.6) is 0 Å². The van der Waals surface area contributed by atoms with E-state index in [1.165, 1.54) is 0 Å². The van der Waals surface area contributed by atoms with Gasteiger partial charge in [0.05, 0.1) is 6.54 Å². The molecule has 0 radical (unpaired) electrons. The van der Waals surface area contributed by atoms with E-state index in [1.54, 1.807) is 0 Å². The highest BCUT2D eigenvalue weighted by Crippen LogP contribution is 2.02. The minimum absolute atomic E-state index is 0.327. The molecule has 0 heterocycles. The third-order valence-corrected chi connectivity index (χ3v) is 0.779. The maximum Gasteiger partial charge on any atom is 0.322 e. The van der Waals surface area contributed by atoms with E-state index >= 15 is 0 Å². The summed E-state index contributed by atoms with van der Waals surface area (Å²) < 4.78 is 13.7. The van der Waals surface area contributed by atoms with E-state index in [1.807, 2.05) is 0 Å². The van der Waals surface area contributed by atoms with E-state index in [2.05, 4.69) is 4.74 Å². The predicted octanol–water partition coefficient (Wildman–Crippen LogP) is -0.944. The van der Waals surface area contributed by atoms with Gasteiger partial charge in [0, 0.05) is 0 Å². The molecule has 0 aromatic carbocycles. The third-order valence-electron chi connectivity index (χ3n) is 0.494. The van der Waals surface area contributed by atoms with Gasteiger partial charge < -0.3 is 15.6 Å². The Morgan fingerprint density at radius 2 is 2.44 bits per heavy atom. The van der Waals surface area contributed by atoms with Crippen LogP contribution in [-0.2, 0) is 14.1 Å². The van der Waals surface area contributed by atoms with Crippen LogP contribution < -0.4 is 5.73 Å². The van der Waals surface area contributed by atoms with Gasteiger partial charge in [0.15, 0.2) is 0 Å². The molecular weight excluding hydrogens is 145 g/mol. The SMILES string of the molecule is NCC(=O)OC(O)P=O. The standard InChI is InChI=1S/C3H6NO4P/c4-1-2(5)8-3(6)9-7/h3,6H,1,4H2. The Balaban J connectivity index is 3.46. The lowest BCUT2D eigenvalue weighted by atomic mass is 10.7. The molecule has 0 saturated carbocycles. The lowest BCUT2D eigenvalue weighted by molar-refractivity contribution is -0.154. The molecule has 3 N–H and O–H groups in total. The lowest BCUT2D eigenvalue weighted by Crippen LogP contribution is -2.20. The van der Waals surface area contributed by atoms with Crippen molar-refractivity contribution in [2.45, 2.75) is 6.03 Å². The van der Waals surface area contributed by atoms with Gasteiger partial charge in [-0.25, -0.2) is 0 Å². The van der Waals surface area contributed by atoms with Crippen molar-refractivity contribution < 1.29 is 19.2 Å². The molecule has 0 aromatic rings. The Hall–Kier alpha value is -0.510. The number of esters is 1. The summed E-state index contributed by atoms with van der Waals surface area (Å²) in [6.07, 6.45) is 0. The van der Waals surface area contributed by atoms with Crippen molar-refractivity contribution in [2.24, 2.45) is 5.73 Å². The minimum Gasteiger partial charge on any atom is -0.423 e. The van der Waals surface area contributed by atoms with E-state index in [-0.39, 0.29) is 6.54 Å². The molecule has 0 aliphatic heterocycles. The van der Waals surface area contributed by atoms with Crippen LogP contribution in [0.25, 0.3) is 0 Å². The molecule has 0 aliphatic rings. The van der Waals surface area contributed by atoms with Crippen molar-refractivity contribution in [1.82, 2.24) is 0 Å². The summed E-state index contributed by atoms with van der Waals surface area (Å²) in [6.45, 7) is -0.327. The van der Waals surface area contributed by atoms with Crippen LogP contribution in [-0.4, -0.2) is 23.7 Å². The second-order valence-corrected chi connectivity index (χ2v) is 1.78. The van der Waals surface area contributed by atoms with Gasteiger partial charge >= 0.3 is 5.97 Å². The quantitative estimate of drug-likeness (QED) is 0.308. The molecular formula is C3H6NO4P. The van der Waals surface area contributed by atoms with Crippen molar-refractivity contribution in [2.75, 3.05) is 6.54 Å². The van der Waals surface area contributed by atoms with Gasteiger partial charge in [-0.15, -0.1) is 0 Å². The summed E-state index contributed by atoms with van der Waals surface area (Å²) >= 11 is 0. The number of aliphatic hydroxyl groups is 1. The fraction of sp³-hybridized carbons (Fsp3) is 0.667. The molecule has 0 aromatic heterocycles. The van der Waals surface area contributed by atoms with Gasteiger partial charge in [0.2, 0.25) is 8.46 Å². The number of nitrogens with two attached hydrogens (primary N) is 1. The Morgan fingerprint density at radius 3 is 2.78 bits per heavy atom. The van der Waals surface area contributed by atoms with Crippen LogP contribution in [0.1, 0.15) is 0 Å². The topological polar surface area (TPSA) is 89.6 Å². The first-order valence-corrected chi connectivity index (χ1v) is 2.99. The van der Waals surface area contributed by atoms with Crippen LogP contribution in [0.4, 0.5) is 0 Å². The maximum atomic E-state index is 10.1. The molecule has 0 saturated heterocycles. The molecule has 5 nitrogen and oxygen atoms in total. The number of carbonyl (C=O) groups is 1. The number of hydrogen-bond acceptors (Lipinski definition) is 5. The van der Waals surface area contributed by atoms with Gasteiger partial charge in [-0.3, -0.25) is 9.36 Å². The van der Waals surface area contributed by atoms with Crippen molar-refractivity contribution >= 4 is 14.4 Å². The molecule has 1 unspecified atom stereocenters. The summed E-state index contributed by atoms with van der Waals surface area (Å²) in [5, 5.41) is 8.34. The number of hydrogen-bond donors (Lipinski definition) is 2. The Bertz CT molecular complexity index is 116. The van der Waals surface area contributed by atoms with Gasteiger partial charge in [-0.2, -0.15) is 0 Å². The van der Waals surface area contributed by atoms with E-state index < -0.39 is 20.5 Å². The third kappa shape index (κ3) is 4.02. The zero-order valence-electron chi connectivity index (χ0n) is 4.48. The van der Waals surface area contributed by atoms with Gasteiger partial charge in [-0.05, 0) is 0 Å². The molecule has 9 heavy (non-hydrogen) atoms. The van der Waals surface area contributed by atoms with E-state index in [0.29, 0.717) is 0 Å². The van der Waals surface area contributed by atoms with E-state index in [9.17, 15) is 9.36 Å². The summed E-state index contributed by atoms with van der Waals surface area (Å²) in [5.74, 6) is -0.786. The highest BCUT2D eigenvalue weighted by Gasteiger charge is 2.06. The van der Waals surface area contributed by atoms with Gasteiger partial charge in [-0.1, -0.05) is 0 Å². The number of aliphatic hydroxyl groups excluding tert-OH is 1. The minimum atomic E-state index is -1.58. The van der Waals surface area contributed by atoms with Gasteiger partial charge in [0.25, 0.3) is 6.03 Å². The van der Waals surface area contributed by atoms with Crippen LogP contribution in [0.2, 0.25) is 0 Å². The molecule has 0 spiro atoms. The molecule has 0 fully saturated rings. The monoisotopic (exact) mass is 151 g/mol. The zero-order valence-corrected chi connectivity index (χ0v) is 5.38. The highest BCUT2D eigenvalue weighted by molar-refractivity contribution is 7.24. The molecule has 0 amide bonds. The zero-order chi connectivity index (χ0) is 7.28. The number of rotatable bonds is 3. The Labute approximate surface area is 53.0 Å². The number of carbonyl (C=O) groups excluding carboxylic acids is 1. The fourth-order valence-corrected chi connectivity index (χ4v) is 0.348. The van der Waals surface area contributed by atoms with Crippen molar-refractivity contribution in [1.29, 1.82) is 0 Å². The first kappa shape index (κ1) is 8.49. The molecule has 52 valence electrons. The van der Waals surface area contributed by atoms with E-state index in [4.69, 9.17) is 10.8 Å². The average molecular weight is 151 g/mol. The summed E-state index contributed by atoms with van der Waals surface area (Å²) in [4.78, 5) is 10.1. The fourth-order valence-electron chi connectivity index (χ4n) is 0.187. The van der Waals surface area contributed by atoms with Crippen molar-refractivity contribution in [3.8, 4) is 0 Å². The summed E-state index contributed by atoms with van der Waals surface area (Å²) in [7, 11) is -0.645.